The molecule has 0 radical (unpaired) electrons. The zero-order valence-electron chi connectivity index (χ0n) is 18.8. The summed E-state index contributed by atoms with van der Waals surface area (Å²) in [7, 11) is 0. The van der Waals surface area contributed by atoms with Crippen molar-refractivity contribution in [3.8, 4) is 28.3 Å². The largest absolute Gasteiger partial charge is 0.507 e. The fourth-order valence-corrected chi connectivity index (χ4v) is 4.83. The predicted molar refractivity (Wildman–Crippen MR) is 144 cm³/mol. The molecule has 2 heterocycles. The molecular weight excluding hydrogens is 454 g/mol. The molecule has 0 aliphatic rings. The number of aromatic nitrogens is 2. The van der Waals surface area contributed by atoms with Crippen molar-refractivity contribution in [2.45, 2.75) is 6.54 Å². The van der Waals surface area contributed by atoms with Crippen molar-refractivity contribution in [2.75, 3.05) is 5.32 Å². The lowest BCUT2D eigenvalue weighted by atomic mass is 10.0. The van der Waals surface area contributed by atoms with Crippen LogP contribution in [0.4, 0.5) is 5.82 Å². The summed E-state index contributed by atoms with van der Waals surface area (Å²) < 4.78 is 2.07. The molecule has 0 spiro atoms. The van der Waals surface area contributed by atoms with Crippen LogP contribution in [0, 0.1) is 0 Å². The number of phenols is 1. The van der Waals surface area contributed by atoms with Crippen LogP contribution in [0.3, 0.4) is 0 Å². The molecule has 0 atom stereocenters. The molecule has 0 saturated carbocycles. The minimum atomic E-state index is 0.221. The normalized spacial score (nSPS) is 11.2. The zero-order valence-corrected chi connectivity index (χ0v) is 19.6. The number of anilines is 1. The monoisotopic (exact) mass is 475 g/mol. The molecule has 0 amide bonds. The van der Waals surface area contributed by atoms with Crippen LogP contribution in [-0.4, -0.2) is 14.5 Å². The first-order chi connectivity index (χ1) is 17.2. The van der Waals surface area contributed by atoms with Crippen molar-refractivity contribution < 1.29 is 5.11 Å². The first kappa shape index (κ1) is 21.3. The van der Waals surface area contributed by atoms with E-state index in [1.807, 2.05) is 84.9 Å². The summed E-state index contributed by atoms with van der Waals surface area (Å²) in [5.74, 6) is 1.04. The van der Waals surface area contributed by atoms with Crippen LogP contribution in [0.1, 0.15) is 5.56 Å². The summed E-state index contributed by atoms with van der Waals surface area (Å²) >= 11 is 6.62. The van der Waals surface area contributed by atoms with Gasteiger partial charge in [-0.2, -0.15) is 0 Å². The first-order valence-electron chi connectivity index (χ1n) is 11.5. The third-order valence-electron chi connectivity index (χ3n) is 6.24. The Bertz CT molecular complexity index is 1670. The molecule has 5 heteroatoms. The topological polar surface area (TPSA) is 49.6 Å². The number of rotatable bonds is 5. The van der Waals surface area contributed by atoms with Gasteiger partial charge < -0.3 is 10.4 Å². The molecule has 6 rings (SSSR count). The molecule has 6 aromatic rings. The Kier molecular flexibility index (Phi) is 5.36. The highest BCUT2D eigenvalue weighted by Gasteiger charge is 2.21. The number of benzene rings is 4. The molecule has 2 N–H and O–H groups in total. The molecule has 0 fully saturated rings. The average molecular weight is 476 g/mol. The van der Waals surface area contributed by atoms with Crippen molar-refractivity contribution in [3.05, 3.63) is 120 Å². The molecule has 0 aliphatic heterocycles. The number of nitrogens with zero attached hydrogens (tertiary/aromatic N) is 2. The van der Waals surface area contributed by atoms with E-state index in [4.69, 9.17) is 16.6 Å². The van der Waals surface area contributed by atoms with Crippen LogP contribution in [0.2, 0.25) is 5.02 Å². The van der Waals surface area contributed by atoms with Gasteiger partial charge in [0.15, 0.2) is 0 Å². The van der Waals surface area contributed by atoms with Gasteiger partial charge in [0.1, 0.15) is 22.9 Å². The van der Waals surface area contributed by atoms with Crippen LogP contribution in [0.25, 0.3) is 38.9 Å². The Morgan fingerprint density at radius 2 is 1.54 bits per heavy atom. The van der Waals surface area contributed by atoms with Crippen molar-refractivity contribution in [2.24, 2.45) is 0 Å². The molecule has 170 valence electrons. The maximum atomic E-state index is 11.0. The summed E-state index contributed by atoms with van der Waals surface area (Å²) in [6, 6.07) is 35.7. The van der Waals surface area contributed by atoms with Gasteiger partial charge in [0.2, 0.25) is 0 Å². The van der Waals surface area contributed by atoms with Crippen molar-refractivity contribution in [1.29, 1.82) is 0 Å². The molecular formula is C30H22ClN3O. The number of fused-ring (bicyclic) bond motifs is 2. The number of hydrogen-bond acceptors (Lipinski definition) is 3. The van der Waals surface area contributed by atoms with E-state index in [-0.39, 0.29) is 5.75 Å². The maximum Gasteiger partial charge on any atom is 0.139 e. The molecule has 35 heavy (non-hydrogen) atoms. The average Bonchev–Trinajstić information content (AvgIpc) is 3.27. The van der Waals surface area contributed by atoms with Gasteiger partial charge in [-0.1, -0.05) is 96.5 Å². The standard InChI is InChI=1S/C30H22ClN3O/c31-24-14-7-6-13-23(24)29-30(32-19-20-9-2-1-3-10-20)34-25(15-8-16-27(34)33-29)28-22-12-5-4-11-21(22)17-18-26(28)35/h1-18,32,35H,19H2. The van der Waals surface area contributed by atoms with Gasteiger partial charge in [-0.3, -0.25) is 4.40 Å². The molecule has 4 nitrogen and oxygen atoms in total. The first-order valence-corrected chi connectivity index (χ1v) is 11.8. The number of hydrogen-bond donors (Lipinski definition) is 2. The van der Waals surface area contributed by atoms with E-state index < -0.39 is 0 Å². The van der Waals surface area contributed by atoms with E-state index in [9.17, 15) is 5.11 Å². The van der Waals surface area contributed by atoms with Crippen LogP contribution < -0.4 is 5.32 Å². The Morgan fingerprint density at radius 1 is 0.771 bits per heavy atom. The van der Waals surface area contributed by atoms with E-state index in [1.165, 1.54) is 0 Å². The number of pyridine rings is 1. The van der Waals surface area contributed by atoms with Crippen molar-refractivity contribution >= 4 is 33.8 Å². The maximum absolute atomic E-state index is 11.0. The van der Waals surface area contributed by atoms with Gasteiger partial charge in [0, 0.05) is 17.7 Å². The third-order valence-corrected chi connectivity index (χ3v) is 6.57. The molecule has 2 aromatic heterocycles. The van der Waals surface area contributed by atoms with Crippen LogP contribution in [0.15, 0.2) is 109 Å². The number of halogens is 1. The van der Waals surface area contributed by atoms with E-state index in [2.05, 4.69) is 27.9 Å². The molecule has 4 aromatic carbocycles. The van der Waals surface area contributed by atoms with Crippen molar-refractivity contribution in [1.82, 2.24) is 9.38 Å². The molecule has 0 saturated heterocycles. The van der Waals surface area contributed by atoms with E-state index >= 15 is 0 Å². The second-order valence-corrected chi connectivity index (χ2v) is 8.82. The van der Waals surface area contributed by atoms with E-state index in [1.54, 1.807) is 6.07 Å². The van der Waals surface area contributed by atoms with Gasteiger partial charge >= 0.3 is 0 Å². The Morgan fingerprint density at radius 3 is 2.40 bits per heavy atom. The zero-order chi connectivity index (χ0) is 23.8. The quantitative estimate of drug-likeness (QED) is 0.267. The molecule has 0 unspecified atom stereocenters. The van der Waals surface area contributed by atoms with E-state index in [0.29, 0.717) is 11.6 Å². The lowest BCUT2D eigenvalue weighted by Gasteiger charge is -2.15. The summed E-state index contributed by atoms with van der Waals surface area (Å²) in [6.45, 7) is 0.613. The summed E-state index contributed by atoms with van der Waals surface area (Å²) in [5.41, 5.74) is 5.14. The molecule has 0 bridgehead atoms. The smallest absolute Gasteiger partial charge is 0.139 e. The van der Waals surface area contributed by atoms with Gasteiger partial charge in [0.05, 0.1) is 10.7 Å². The predicted octanol–water partition coefficient (Wildman–Crippen LogP) is 7.79. The highest BCUT2D eigenvalue weighted by Crippen LogP contribution is 2.40. The SMILES string of the molecule is Oc1ccc2ccccc2c1-c1cccc2nc(-c3ccccc3Cl)c(NCc3ccccc3)n12. The Balaban J connectivity index is 1.63. The fraction of sp³-hybridized carbons (Fsp3) is 0.0333. The highest BCUT2D eigenvalue weighted by molar-refractivity contribution is 6.33. The summed E-state index contributed by atoms with van der Waals surface area (Å²) in [5, 5.41) is 17.3. The Hall–Kier alpha value is -4.28. The van der Waals surface area contributed by atoms with Crippen LogP contribution >= 0.6 is 11.6 Å². The van der Waals surface area contributed by atoms with Gasteiger partial charge in [0.25, 0.3) is 0 Å². The summed E-state index contributed by atoms with van der Waals surface area (Å²) in [6.07, 6.45) is 0. The second kappa shape index (κ2) is 8.82. The number of imidazole rings is 1. The van der Waals surface area contributed by atoms with Crippen LogP contribution in [0.5, 0.6) is 5.75 Å². The Labute approximate surface area is 208 Å². The lowest BCUT2D eigenvalue weighted by Crippen LogP contribution is -2.05. The van der Waals surface area contributed by atoms with Crippen LogP contribution in [-0.2, 0) is 6.54 Å². The molecule has 0 aliphatic carbocycles. The second-order valence-electron chi connectivity index (χ2n) is 8.41. The number of nitrogens with one attached hydrogen (secondary N) is 1. The number of phenolic OH excluding ortho intramolecular Hbond substituents is 1. The van der Waals surface area contributed by atoms with Gasteiger partial charge in [-0.05, 0) is 40.6 Å². The fourth-order valence-electron chi connectivity index (χ4n) is 4.60. The minimum absolute atomic E-state index is 0.221. The van der Waals surface area contributed by atoms with Gasteiger partial charge in [-0.15, -0.1) is 0 Å². The summed E-state index contributed by atoms with van der Waals surface area (Å²) in [4.78, 5) is 4.99. The van der Waals surface area contributed by atoms with E-state index in [0.717, 1.165) is 50.3 Å². The van der Waals surface area contributed by atoms with Gasteiger partial charge in [-0.25, -0.2) is 4.98 Å². The minimum Gasteiger partial charge on any atom is -0.507 e. The van der Waals surface area contributed by atoms with Crippen molar-refractivity contribution in [3.63, 3.8) is 0 Å². The number of aromatic hydroxyl groups is 1. The highest BCUT2D eigenvalue weighted by atomic mass is 35.5. The lowest BCUT2D eigenvalue weighted by molar-refractivity contribution is 0.478. The third kappa shape index (κ3) is 3.78.